The van der Waals surface area contributed by atoms with Gasteiger partial charge in [0, 0.05) is 6.54 Å². The first-order valence-corrected chi connectivity index (χ1v) is 7.63. The zero-order valence-electron chi connectivity index (χ0n) is 9.34. The molecule has 0 saturated carbocycles. The summed E-state index contributed by atoms with van der Waals surface area (Å²) in [5, 5.41) is 11.0. The lowest BCUT2D eigenvalue weighted by Crippen LogP contribution is -2.27. The predicted octanol–water partition coefficient (Wildman–Crippen LogP) is -0.587. The minimum atomic E-state index is -3.43. The molecular formula is C8H14N4O3S2. The molecule has 3 N–H and O–H groups in total. The SMILES string of the molecule is CCc1nnc(NC(=O)CS(=O)(=O)CCN)s1. The van der Waals surface area contributed by atoms with Crippen molar-refractivity contribution in [1.29, 1.82) is 0 Å². The van der Waals surface area contributed by atoms with Gasteiger partial charge in [0.25, 0.3) is 0 Å². The van der Waals surface area contributed by atoms with Gasteiger partial charge < -0.3 is 5.73 Å². The molecule has 0 fully saturated rings. The summed E-state index contributed by atoms with van der Waals surface area (Å²) in [6.07, 6.45) is 0.721. The number of nitrogens with two attached hydrogens (primary N) is 1. The monoisotopic (exact) mass is 278 g/mol. The predicted molar refractivity (Wildman–Crippen MR) is 65.6 cm³/mol. The number of carbonyl (C=O) groups excluding carboxylic acids is 1. The van der Waals surface area contributed by atoms with Gasteiger partial charge in [-0.15, -0.1) is 10.2 Å². The molecule has 1 aromatic heterocycles. The summed E-state index contributed by atoms with van der Waals surface area (Å²) < 4.78 is 22.6. The van der Waals surface area contributed by atoms with Gasteiger partial charge in [-0.1, -0.05) is 18.3 Å². The molecule has 0 radical (unpaired) electrons. The van der Waals surface area contributed by atoms with Crippen molar-refractivity contribution in [3.63, 3.8) is 0 Å². The summed E-state index contributed by atoms with van der Waals surface area (Å²) >= 11 is 1.23. The summed E-state index contributed by atoms with van der Waals surface area (Å²) in [7, 11) is -3.43. The van der Waals surface area contributed by atoms with Gasteiger partial charge in [-0.25, -0.2) is 8.42 Å². The van der Waals surface area contributed by atoms with Crippen LogP contribution in [0.4, 0.5) is 5.13 Å². The van der Waals surface area contributed by atoms with Gasteiger partial charge in [-0.2, -0.15) is 0 Å². The van der Waals surface area contributed by atoms with E-state index >= 15 is 0 Å². The van der Waals surface area contributed by atoms with Crippen LogP contribution in [0.2, 0.25) is 0 Å². The molecule has 0 unspecified atom stereocenters. The fourth-order valence-electron chi connectivity index (χ4n) is 1.05. The number of nitrogens with one attached hydrogen (secondary N) is 1. The number of hydrogen-bond donors (Lipinski definition) is 2. The van der Waals surface area contributed by atoms with E-state index in [1.54, 1.807) is 0 Å². The van der Waals surface area contributed by atoms with E-state index in [2.05, 4.69) is 15.5 Å². The van der Waals surface area contributed by atoms with Gasteiger partial charge in [0.2, 0.25) is 11.0 Å². The first kappa shape index (κ1) is 14.0. The van der Waals surface area contributed by atoms with Crippen molar-refractivity contribution in [3.8, 4) is 0 Å². The van der Waals surface area contributed by atoms with Crippen LogP contribution in [-0.4, -0.2) is 42.6 Å². The van der Waals surface area contributed by atoms with Crippen LogP contribution in [0.25, 0.3) is 0 Å². The lowest BCUT2D eigenvalue weighted by molar-refractivity contribution is -0.113. The fraction of sp³-hybridized carbons (Fsp3) is 0.625. The maximum atomic E-state index is 11.4. The van der Waals surface area contributed by atoms with Crippen LogP contribution in [0, 0.1) is 0 Å². The highest BCUT2D eigenvalue weighted by atomic mass is 32.2. The number of nitrogens with zero attached hydrogens (tertiary/aromatic N) is 2. The Bertz CT molecular complexity index is 483. The second kappa shape index (κ2) is 6.03. The number of anilines is 1. The van der Waals surface area contributed by atoms with E-state index in [1.165, 1.54) is 11.3 Å². The van der Waals surface area contributed by atoms with Gasteiger partial charge in [0.05, 0.1) is 5.75 Å². The summed E-state index contributed by atoms with van der Waals surface area (Å²) in [4.78, 5) is 11.4. The van der Waals surface area contributed by atoms with Crippen LogP contribution in [0.5, 0.6) is 0 Å². The normalized spacial score (nSPS) is 11.4. The van der Waals surface area contributed by atoms with Crippen LogP contribution in [0.15, 0.2) is 0 Å². The van der Waals surface area contributed by atoms with Crippen molar-refractivity contribution in [2.75, 3.05) is 23.4 Å². The Balaban J connectivity index is 2.55. The number of aryl methyl sites for hydroxylation is 1. The Morgan fingerprint density at radius 3 is 2.71 bits per heavy atom. The molecule has 17 heavy (non-hydrogen) atoms. The van der Waals surface area contributed by atoms with Crippen LogP contribution in [0.1, 0.15) is 11.9 Å². The zero-order chi connectivity index (χ0) is 12.9. The number of hydrogen-bond acceptors (Lipinski definition) is 7. The molecule has 0 atom stereocenters. The van der Waals surface area contributed by atoms with E-state index in [0.29, 0.717) is 5.13 Å². The second-order valence-electron chi connectivity index (χ2n) is 3.28. The van der Waals surface area contributed by atoms with Crippen LogP contribution in [-0.2, 0) is 21.1 Å². The van der Waals surface area contributed by atoms with Gasteiger partial charge in [-0.05, 0) is 6.42 Å². The topological polar surface area (TPSA) is 115 Å². The molecule has 0 aliphatic rings. The van der Waals surface area contributed by atoms with Crippen LogP contribution < -0.4 is 11.1 Å². The summed E-state index contributed by atoms with van der Waals surface area (Å²) in [5.41, 5.74) is 5.13. The van der Waals surface area contributed by atoms with Crippen LogP contribution >= 0.6 is 11.3 Å². The average molecular weight is 278 g/mol. The van der Waals surface area contributed by atoms with Gasteiger partial charge >= 0.3 is 0 Å². The highest BCUT2D eigenvalue weighted by molar-refractivity contribution is 7.92. The maximum Gasteiger partial charge on any atom is 0.241 e. The smallest absolute Gasteiger partial charge is 0.241 e. The standard InChI is InChI=1S/C8H14N4O3S2/c1-2-7-11-12-8(16-7)10-6(13)5-17(14,15)4-3-9/h2-5,9H2,1H3,(H,10,12,13). The summed E-state index contributed by atoms with van der Waals surface area (Å²) in [6.45, 7) is 1.92. The molecule has 96 valence electrons. The average Bonchev–Trinajstić information content (AvgIpc) is 2.64. The van der Waals surface area contributed by atoms with Crippen molar-refractivity contribution in [1.82, 2.24) is 10.2 Å². The second-order valence-corrected chi connectivity index (χ2v) is 6.53. The first-order chi connectivity index (χ1) is 7.96. The Morgan fingerprint density at radius 1 is 1.47 bits per heavy atom. The van der Waals surface area contributed by atoms with Crippen molar-refractivity contribution >= 4 is 32.2 Å². The summed E-state index contributed by atoms with van der Waals surface area (Å²) in [6, 6.07) is 0. The molecule has 0 aliphatic carbocycles. The van der Waals surface area contributed by atoms with Gasteiger partial charge in [0.15, 0.2) is 9.84 Å². The fourth-order valence-corrected chi connectivity index (χ4v) is 2.72. The lowest BCUT2D eigenvalue weighted by atomic mass is 10.5. The molecule has 1 heterocycles. The summed E-state index contributed by atoms with van der Waals surface area (Å²) in [5.74, 6) is -1.39. The van der Waals surface area contributed by atoms with Crippen molar-refractivity contribution < 1.29 is 13.2 Å². The number of amides is 1. The maximum absolute atomic E-state index is 11.4. The molecule has 1 aromatic rings. The van der Waals surface area contributed by atoms with Crippen molar-refractivity contribution in [2.24, 2.45) is 5.73 Å². The quantitative estimate of drug-likeness (QED) is 0.719. The number of sulfone groups is 1. The van der Waals surface area contributed by atoms with Gasteiger partial charge in [0.1, 0.15) is 10.8 Å². The largest absolute Gasteiger partial charge is 0.329 e. The molecule has 0 saturated heterocycles. The highest BCUT2D eigenvalue weighted by Gasteiger charge is 2.17. The molecule has 0 aromatic carbocycles. The first-order valence-electron chi connectivity index (χ1n) is 4.99. The third-order valence-corrected chi connectivity index (χ3v) is 4.34. The zero-order valence-corrected chi connectivity index (χ0v) is 11.0. The highest BCUT2D eigenvalue weighted by Crippen LogP contribution is 2.15. The minimum Gasteiger partial charge on any atom is -0.329 e. The molecule has 0 aliphatic heterocycles. The Hall–Kier alpha value is -1.06. The van der Waals surface area contributed by atoms with E-state index in [0.717, 1.165) is 11.4 Å². The lowest BCUT2D eigenvalue weighted by Gasteiger charge is -2.01. The molecule has 1 rings (SSSR count). The molecule has 0 bridgehead atoms. The van der Waals surface area contributed by atoms with E-state index in [1.807, 2.05) is 6.92 Å². The number of rotatable bonds is 6. The van der Waals surface area contributed by atoms with E-state index < -0.39 is 21.5 Å². The van der Waals surface area contributed by atoms with Crippen LogP contribution in [0.3, 0.4) is 0 Å². The molecular weight excluding hydrogens is 264 g/mol. The third-order valence-electron chi connectivity index (χ3n) is 1.80. The molecule has 1 amide bonds. The molecule has 7 nitrogen and oxygen atoms in total. The Morgan fingerprint density at radius 2 is 2.18 bits per heavy atom. The number of carbonyl (C=O) groups is 1. The van der Waals surface area contributed by atoms with E-state index in [4.69, 9.17) is 5.73 Å². The molecule has 0 spiro atoms. The molecule has 9 heteroatoms. The Labute approximate surface area is 103 Å². The van der Waals surface area contributed by atoms with E-state index in [-0.39, 0.29) is 12.3 Å². The minimum absolute atomic E-state index is 0.00834. The Kier molecular flexibility index (Phi) is 4.97. The number of aromatic nitrogens is 2. The third kappa shape index (κ3) is 4.75. The van der Waals surface area contributed by atoms with Crippen molar-refractivity contribution in [3.05, 3.63) is 5.01 Å². The van der Waals surface area contributed by atoms with Gasteiger partial charge in [-0.3, -0.25) is 10.1 Å². The van der Waals surface area contributed by atoms with Crippen molar-refractivity contribution in [2.45, 2.75) is 13.3 Å². The van der Waals surface area contributed by atoms with E-state index in [9.17, 15) is 13.2 Å².